The van der Waals surface area contributed by atoms with Crippen LogP contribution in [0.2, 0.25) is 5.02 Å². The average molecular weight is 544 g/mol. The van der Waals surface area contributed by atoms with Gasteiger partial charge in [-0.05, 0) is 45.0 Å². The quantitative estimate of drug-likeness (QED) is 0.166. The SMILES string of the molecule is [2H]c1c([2H])c([2H])c2c(c1[2H])c1c([2H])c([2H])c([2H])c([2H])c1n2-c1ccc([Si](c2ccccc2)(c2ccccc2)c2ccccc2)cc1Cl. The number of nitrogens with zero attached hydrogens (tertiary/aromatic N) is 1. The van der Waals surface area contributed by atoms with Gasteiger partial charge in [0.2, 0.25) is 0 Å². The summed E-state index contributed by atoms with van der Waals surface area (Å²) in [5.41, 5.74) is 0.401. The van der Waals surface area contributed by atoms with E-state index < -0.39 is 32.2 Å². The number of fused-ring (bicyclic) bond motifs is 3. The van der Waals surface area contributed by atoms with Crippen LogP contribution in [0.25, 0.3) is 27.5 Å². The third kappa shape index (κ3) is 3.76. The maximum absolute atomic E-state index is 8.88. The lowest BCUT2D eigenvalue weighted by Gasteiger charge is -2.34. The van der Waals surface area contributed by atoms with Crippen LogP contribution in [0, 0.1) is 0 Å². The first kappa shape index (κ1) is 16.6. The summed E-state index contributed by atoms with van der Waals surface area (Å²) in [5, 5.41) is 4.68. The van der Waals surface area contributed by atoms with Crippen molar-refractivity contribution in [3.8, 4) is 5.69 Å². The fourth-order valence-corrected chi connectivity index (χ4v) is 10.8. The minimum absolute atomic E-state index is 0.0136. The van der Waals surface area contributed by atoms with E-state index in [4.69, 9.17) is 22.6 Å². The van der Waals surface area contributed by atoms with Gasteiger partial charge in [-0.1, -0.05) is 145 Å². The summed E-state index contributed by atoms with van der Waals surface area (Å²) in [6.07, 6.45) is 0. The largest absolute Gasteiger partial charge is 0.308 e. The van der Waals surface area contributed by atoms with Crippen molar-refractivity contribution in [3.05, 3.63) is 163 Å². The van der Waals surface area contributed by atoms with Gasteiger partial charge in [0.05, 0.1) is 32.7 Å². The molecule has 1 aromatic heterocycles. The van der Waals surface area contributed by atoms with Gasteiger partial charge in [0.1, 0.15) is 0 Å². The molecule has 186 valence electrons. The van der Waals surface area contributed by atoms with Crippen LogP contribution in [-0.4, -0.2) is 12.6 Å². The second-order valence-electron chi connectivity index (χ2n) is 9.30. The number of halogens is 1. The Morgan fingerprint density at radius 3 is 1.38 bits per heavy atom. The third-order valence-corrected chi connectivity index (χ3v) is 12.4. The molecule has 3 heteroatoms. The van der Waals surface area contributed by atoms with Crippen LogP contribution >= 0.6 is 11.6 Å². The highest BCUT2D eigenvalue weighted by Crippen LogP contribution is 2.34. The molecular weight excluding hydrogens is 510 g/mol. The lowest BCUT2D eigenvalue weighted by atomic mass is 10.2. The van der Waals surface area contributed by atoms with Gasteiger partial charge in [0.15, 0.2) is 8.07 Å². The van der Waals surface area contributed by atoms with Crippen molar-refractivity contribution in [3.63, 3.8) is 0 Å². The molecule has 1 nitrogen and oxygen atoms in total. The summed E-state index contributed by atoms with van der Waals surface area (Å²) in [6, 6.07) is 33.2. The number of rotatable bonds is 5. The predicted molar refractivity (Wildman–Crippen MR) is 169 cm³/mol. The Kier molecular flexibility index (Phi) is 4.14. The minimum Gasteiger partial charge on any atom is -0.308 e. The van der Waals surface area contributed by atoms with E-state index in [0.29, 0.717) is 5.69 Å². The number of para-hydroxylation sites is 2. The molecule has 0 saturated carbocycles. The van der Waals surface area contributed by atoms with Gasteiger partial charge >= 0.3 is 0 Å². The number of hydrogen-bond acceptors (Lipinski definition) is 0. The van der Waals surface area contributed by atoms with E-state index in [9.17, 15) is 0 Å². The Bertz CT molecular complexity index is 2170. The topological polar surface area (TPSA) is 4.93 Å². The number of aromatic nitrogens is 1. The summed E-state index contributed by atoms with van der Waals surface area (Å²) in [7, 11) is -2.96. The molecular formula is C36H26ClNSi. The molecule has 0 aliphatic carbocycles. The van der Waals surface area contributed by atoms with Gasteiger partial charge in [-0.2, -0.15) is 0 Å². The van der Waals surface area contributed by atoms with E-state index in [-0.39, 0.29) is 51.0 Å². The summed E-state index contributed by atoms with van der Waals surface area (Å²) < 4.78 is 70.3. The molecule has 0 saturated heterocycles. The van der Waals surface area contributed by atoms with Crippen molar-refractivity contribution in [2.75, 3.05) is 0 Å². The maximum atomic E-state index is 8.88. The zero-order valence-electron chi connectivity index (χ0n) is 28.7. The molecule has 0 radical (unpaired) electrons. The Hall–Kier alpha value is -4.37. The summed E-state index contributed by atoms with van der Waals surface area (Å²) in [5.74, 6) is 0. The molecule has 0 unspecified atom stereocenters. The minimum atomic E-state index is -2.96. The van der Waals surface area contributed by atoms with Gasteiger partial charge in [-0.25, -0.2) is 0 Å². The van der Waals surface area contributed by atoms with E-state index in [0.717, 1.165) is 20.7 Å². The predicted octanol–water partition coefficient (Wildman–Crippen LogP) is 6.81. The van der Waals surface area contributed by atoms with Gasteiger partial charge in [0.25, 0.3) is 0 Å². The lowest BCUT2D eigenvalue weighted by molar-refractivity contribution is 1.18. The van der Waals surface area contributed by atoms with Crippen LogP contribution in [0.3, 0.4) is 0 Å². The fourth-order valence-electron chi connectivity index (χ4n) is 5.65. The Morgan fingerprint density at radius 2 is 0.949 bits per heavy atom. The molecule has 0 aliphatic heterocycles. The summed E-state index contributed by atoms with van der Waals surface area (Å²) in [6.45, 7) is 0. The van der Waals surface area contributed by atoms with Gasteiger partial charge in [0, 0.05) is 10.8 Å². The van der Waals surface area contributed by atoms with Crippen molar-refractivity contribution in [1.29, 1.82) is 0 Å². The van der Waals surface area contributed by atoms with Crippen molar-refractivity contribution >= 4 is 62.2 Å². The molecule has 7 aromatic rings. The maximum Gasteiger partial charge on any atom is 0.179 e. The molecule has 0 N–H and O–H groups in total. The molecule has 0 spiro atoms. The monoisotopic (exact) mass is 543 g/mol. The van der Waals surface area contributed by atoms with Gasteiger partial charge in [-0.3, -0.25) is 0 Å². The molecule has 0 amide bonds. The first-order chi connectivity index (χ1) is 22.6. The molecule has 6 aromatic carbocycles. The number of benzene rings is 6. The highest BCUT2D eigenvalue weighted by atomic mass is 35.5. The highest BCUT2D eigenvalue weighted by Gasteiger charge is 2.41. The van der Waals surface area contributed by atoms with Crippen LogP contribution in [0.4, 0.5) is 0 Å². The van der Waals surface area contributed by atoms with E-state index in [2.05, 4.69) is 36.4 Å². The zero-order chi connectivity index (χ0) is 33.2. The Balaban J connectivity index is 1.61. The van der Waals surface area contributed by atoms with Gasteiger partial charge < -0.3 is 4.57 Å². The van der Waals surface area contributed by atoms with Crippen LogP contribution in [0.15, 0.2) is 158 Å². The molecule has 0 fully saturated rings. The fraction of sp³-hybridized carbons (Fsp3) is 0. The van der Waals surface area contributed by atoms with Crippen LogP contribution in [0.1, 0.15) is 11.0 Å². The first-order valence-corrected chi connectivity index (χ1v) is 15.0. The van der Waals surface area contributed by atoms with Gasteiger partial charge in [-0.15, -0.1) is 0 Å². The Labute approximate surface area is 245 Å². The molecule has 39 heavy (non-hydrogen) atoms. The second kappa shape index (κ2) is 9.74. The highest BCUT2D eigenvalue weighted by molar-refractivity contribution is 7.19. The first-order valence-electron chi connectivity index (χ1n) is 16.6. The summed E-state index contributed by atoms with van der Waals surface area (Å²) in [4.78, 5) is 0. The van der Waals surface area contributed by atoms with E-state index in [1.807, 2.05) is 66.7 Å². The molecule has 0 bridgehead atoms. The molecule has 1 heterocycles. The van der Waals surface area contributed by atoms with Crippen molar-refractivity contribution in [2.24, 2.45) is 0 Å². The van der Waals surface area contributed by atoms with Crippen LogP contribution in [-0.2, 0) is 0 Å². The summed E-state index contributed by atoms with van der Waals surface area (Å²) >= 11 is 7.23. The van der Waals surface area contributed by atoms with E-state index in [1.165, 1.54) is 4.57 Å². The molecule has 7 rings (SSSR count). The van der Waals surface area contributed by atoms with E-state index >= 15 is 0 Å². The third-order valence-electron chi connectivity index (χ3n) is 7.27. The normalized spacial score (nSPS) is 14.6. The van der Waals surface area contributed by atoms with Crippen LogP contribution < -0.4 is 20.7 Å². The smallest absolute Gasteiger partial charge is 0.179 e. The van der Waals surface area contributed by atoms with Crippen LogP contribution in [0.5, 0.6) is 0 Å². The second-order valence-corrected chi connectivity index (χ2v) is 13.5. The lowest BCUT2D eigenvalue weighted by Crippen LogP contribution is -2.74. The number of hydrogen-bond donors (Lipinski definition) is 0. The van der Waals surface area contributed by atoms with Crippen molar-refractivity contribution < 1.29 is 11.0 Å². The zero-order valence-corrected chi connectivity index (χ0v) is 22.5. The Morgan fingerprint density at radius 1 is 0.513 bits per heavy atom. The van der Waals surface area contributed by atoms with E-state index in [1.54, 1.807) is 6.07 Å². The standard InChI is InChI=1S/C36H26ClNSi/c37-33-26-30(24-25-36(33)38-34-22-12-10-20-31(34)32-21-11-13-23-35(32)38)39(27-14-4-1-5-15-27,28-16-6-2-7-17-28)29-18-8-3-9-19-29/h1-26H/i10D,11D,12D,13D,20D,21D,22D,23D. The average Bonchev–Trinajstić information content (AvgIpc) is 3.46. The van der Waals surface area contributed by atoms with Crippen molar-refractivity contribution in [2.45, 2.75) is 0 Å². The van der Waals surface area contributed by atoms with Crippen molar-refractivity contribution in [1.82, 2.24) is 4.57 Å². The molecule has 0 atom stereocenters. The molecule has 0 aliphatic rings.